The van der Waals surface area contributed by atoms with Crippen LogP contribution in [-0.2, 0) is 9.59 Å². The number of fused-ring (bicyclic) bond motifs is 2. The molecule has 6 unspecified atom stereocenters. The summed E-state index contributed by atoms with van der Waals surface area (Å²) in [6, 6.07) is 0.729. The van der Waals surface area contributed by atoms with Crippen molar-refractivity contribution in [2.24, 2.45) is 23.7 Å². The van der Waals surface area contributed by atoms with E-state index in [0.717, 1.165) is 19.3 Å². The quantitative estimate of drug-likeness (QED) is 0.717. The van der Waals surface area contributed by atoms with Gasteiger partial charge >= 0.3 is 11.9 Å². The molecular weight excluding hydrogens is 258 g/mol. The molecule has 112 valence electrons. The van der Waals surface area contributed by atoms with Crippen LogP contribution in [0, 0.1) is 23.7 Å². The van der Waals surface area contributed by atoms with Crippen molar-refractivity contribution in [1.82, 2.24) is 5.32 Å². The van der Waals surface area contributed by atoms with Gasteiger partial charge in [0.15, 0.2) is 0 Å². The minimum absolute atomic E-state index is 0.0123. The van der Waals surface area contributed by atoms with Crippen LogP contribution in [0.2, 0.25) is 0 Å². The molecule has 2 saturated carbocycles. The molecule has 0 bridgehead atoms. The van der Waals surface area contributed by atoms with E-state index in [1.54, 1.807) is 0 Å². The molecule has 2 aliphatic carbocycles. The minimum Gasteiger partial charge on any atom is -0.481 e. The number of carbonyl (C=O) groups is 2. The third-order valence-electron chi connectivity index (χ3n) is 5.71. The Hall–Kier alpha value is -1.10. The summed E-state index contributed by atoms with van der Waals surface area (Å²) < 4.78 is 0. The monoisotopic (exact) mass is 281 g/mol. The van der Waals surface area contributed by atoms with Crippen molar-refractivity contribution in [2.75, 3.05) is 0 Å². The number of nitrogens with one attached hydrogen (secondary N) is 1. The predicted molar refractivity (Wildman–Crippen MR) is 72.3 cm³/mol. The van der Waals surface area contributed by atoms with E-state index in [1.165, 1.54) is 19.3 Å². The lowest BCUT2D eigenvalue weighted by Crippen LogP contribution is -2.59. The van der Waals surface area contributed by atoms with E-state index in [2.05, 4.69) is 5.32 Å². The molecule has 1 heterocycles. The van der Waals surface area contributed by atoms with E-state index < -0.39 is 23.8 Å². The maximum atomic E-state index is 11.6. The van der Waals surface area contributed by atoms with Gasteiger partial charge in [-0.25, -0.2) is 0 Å². The second-order valence-corrected chi connectivity index (χ2v) is 6.71. The van der Waals surface area contributed by atoms with Gasteiger partial charge in [0, 0.05) is 12.1 Å². The first kappa shape index (κ1) is 13.9. The molecule has 0 aromatic carbocycles. The molecule has 0 radical (unpaired) electrons. The third kappa shape index (κ3) is 2.32. The molecule has 1 aliphatic heterocycles. The minimum atomic E-state index is -0.943. The molecule has 6 atom stereocenters. The Labute approximate surface area is 118 Å². The fourth-order valence-corrected chi connectivity index (χ4v) is 4.79. The van der Waals surface area contributed by atoms with E-state index >= 15 is 0 Å². The third-order valence-corrected chi connectivity index (χ3v) is 5.71. The van der Waals surface area contributed by atoms with Crippen LogP contribution in [0.5, 0.6) is 0 Å². The molecule has 1 saturated heterocycles. The second-order valence-electron chi connectivity index (χ2n) is 6.71. The summed E-state index contributed by atoms with van der Waals surface area (Å²) in [5, 5.41) is 22.4. The van der Waals surface area contributed by atoms with Crippen molar-refractivity contribution < 1.29 is 19.8 Å². The van der Waals surface area contributed by atoms with Crippen LogP contribution in [0.25, 0.3) is 0 Å². The number of aliphatic carboxylic acids is 2. The maximum Gasteiger partial charge on any atom is 0.307 e. The zero-order chi connectivity index (χ0) is 14.3. The SMILES string of the molecule is O=C(O)C1CCC2NC3CCCCC3CC2C1C(=O)O. The second kappa shape index (κ2) is 5.35. The zero-order valence-corrected chi connectivity index (χ0v) is 11.6. The first-order chi connectivity index (χ1) is 9.58. The summed E-state index contributed by atoms with van der Waals surface area (Å²) in [6.45, 7) is 0. The van der Waals surface area contributed by atoms with Crippen LogP contribution in [0.1, 0.15) is 44.9 Å². The molecular formula is C15H23NO4. The summed E-state index contributed by atoms with van der Waals surface area (Å²) in [5.74, 6) is -2.77. The Morgan fingerprint density at radius 1 is 0.900 bits per heavy atom. The van der Waals surface area contributed by atoms with Gasteiger partial charge in [-0.3, -0.25) is 9.59 Å². The first-order valence-corrected chi connectivity index (χ1v) is 7.79. The van der Waals surface area contributed by atoms with Gasteiger partial charge in [-0.1, -0.05) is 12.8 Å². The zero-order valence-electron chi connectivity index (χ0n) is 11.6. The number of hydrogen-bond donors (Lipinski definition) is 3. The number of rotatable bonds is 2. The van der Waals surface area contributed by atoms with Gasteiger partial charge in [-0.2, -0.15) is 0 Å². The van der Waals surface area contributed by atoms with Crippen molar-refractivity contribution in [3.05, 3.63) is 0 Å². The highest BCUT2D eigenvalue weighted by atomic mass is 16.4. The molecule has 5 heteroatoms. The van der Waals surface area contributed by atoms with Gasteiger partial charge < -0.3 is 15.5 Å². The Morgan fingerprint density at radius 2 is 1.65 bits per heavy atom. The standard InChI is InChI=1S/C15H23NO4/c17-14(18)9-5-6-12-10(13(9)15(19)20)7-8-3-1-2-4-11(8)16-12/h8-13,16H,1-7H2,(H,17,18)(H,19,20). The molecule has 0 spiro atoms. The molecule has 0 aromatic rings. The summed E-state index contributed by atoms with van der Waals surface area (Å²) in [6.07, 6.45) is 7.00. The Bertz CT molecular complexity index is 411. The Balaban J connectivity index is 1.81. The lowest BCUT2D eigenvalue weighted by molar-refractivity contribution is -0.161. The maximum absolute atomic E-state index is 11.6. The van der Waals surface area contributed by atoms with Crippen LogP contribution in [0.4, 0.5) is 0 Å². The highest BCUT2D eigenvalue weighted by Crippen LogP contribution is 2.45. The first-order valence-electron chi connectivity index (χ1n) is 7.79. The molecule has 5 nitrogen and oxygen atoms in total. The van der Waals surface area contributed by atoms with E-state index in [9.17, 15) is 19.8 Å². The van der Waals surface area contributed by atoms with Crippen LogP contribution >= 0.6 is 0 Å². The highest BCUT2D eigenvalue weighted by Gasteiger charge is 2.50. The number of hydrogen-bond acceptors (Lipinski definition) is 3. The van der Waals surface area contributed by atoms with Gasteiger partial charge in [0.25, 0.3) is 0 Å². The van der Waals surface area contributed by atoms with Crippen molar-refractivity contribution >= 4 is 11.9 Å². The molecule has 3 N–H and O–H groups in total. The normalized spacial score (nSPS) is 44.2. The van der Waals surface area contributed by atoms with E-state index in [1.807, 2.05) is 0 Å². The number of piperidine rings is 1. The predicted octanol–water partition coefficient (Wildman–Crippen LogP) is 1.72. The van der Waals surface area contributed by atoms with E-state index in [4.69, 9.17) is 0 Å². The molecule has 3 aliphatic rings. The molecule has 0 amide bonds. The van der Waals surface area contributed by atoms with Crippen LogP contribution in [-0.4, -0.2) is 34.2 Å². The van der Waals surface area contributed by atoms with Gasteiger partial charge in [-0.15, -0.1) is 0 Å². The lowest BCUT2D eigenvalue weighted by atomic mass is 9.62. The number of carboxylic acid groups (broad SMARTS) is 2. The number of carboxylic acids is 2. The largest absolute Gasteiger partial charge is 0.481 e. The van der Waals surface area contributed by atoms with Gasteiger partial charge in [-0.05, 0) is 43.9 Å². The van der Waals surface area contributed by atoms with Gasteiger partial charge in [0.05, 0.1) is 11.8 Å². The smallest absolute Gasteiger partial charge is 0.307 e. The Morgan fingerprint density at radius 3 is 2.35 bits per heavy atom. The topological polar surface area (TPSA) is 86.6 Å². The Kier molecular flexibility index (Phi) is 3.71. The summed E-state index contributed by atoms with van der Waals surface area (Å²) in [7, 11) is 0. The summed E-state index contributed by atoms with van der Waals surface area (Å²) in [5.41, 5.74) is 0. The van der Waals surface area contributed by atoms with Crippen molar-refractivity contribution in [1.29, 1.82) is 0 Å². The van der Waals surface area contributed by atoms with Gasteiger partial charge in [0.1, 0.15) is 0 Å². The van der Waals surface area contributed by atoms with Crippen LogP contribution in [0.3, 0.4) is 0 Å². The lowest BCUT2D eigenvalue weighted by Gasteiger charge is -2.50. The van der Waals surface area contributed by atoms with Crippen LogP contribution in [0.15, 0.2) is 0 Å². The fourth-order valence-electron chi connectivity index (χ4n) is 4.79. The molecule has 0 aromatic heterocycles. The van der Waals surface area contributed by atoms with Crippen LogP contribution < -0.4 is 5.32 Å². The van der Waals surface area contributed by atoms with E-state index in [0.29, 0.717) is 18.4 Å². The average molecular weight is 281 g/mol. The highest BCUT2D eigenvalue weighted by molar-refractivity contribution is 5.80. The van der Waals surface area contributed by atoms with Gasteiger partial charge in [0.2, 0.25) is 0 Å². The molecule has 3 rings (SSSR count). The average Bonchev–Trinajstić information content (AvgIpc) is 2.43. The molecule has 3 fully saturated rings. The molecule has 20 heavy (non-hydrogen) atoms. The summed E-state index contributed by atoms with van der Waals surface area (Å²) >= 11 is 0. The van der Waals surface area contributed by atoms with Crippen molar-refractivity contribution in [3.8, 4) is 0 Å². The fraction of sp³-hybridized carbons (Fsp3) is 0.867. The van der Waals surface area contributed by atoms with Crippen molar-refractivity contribution in [3.63, 3.8) is 0 Å². The summed E-state index contributed by atoms with van der Waals surface area (Å²) in [4.78, 5) is 22.9. The van der Waals surface area contributed by atoms with Crippen molar-refractivity contribution in [2.45, 2.75) is 57.0 Å². The van der Waals surface area contributed by atoms with E-state index in [-0.39, 0.29) is 12.0 Å².